The first-order valence-corrected chi connectivity index (χ1v) is 36.5. The van der Waals surface area contributed by atoms with Crippen molar-refractivity contribution in [3.63, 3.8) is 0 Å². The Labute approximate surface area is 602 Å². The summed E-state index contributed by atoms with van der Waals surface area (Å²) >= 11 is 0. The molecule has 0 spiro atoms. The van der Waals surface area contributed by atoms with Gasteiger partial charge in [0.15, 0.2) is 0 Å². The molecule has 0 N–H and O–H groups in total. The summed E-state index contributed by atoms with van der Waals surface area (Å²) in [4.78, 5) is 11.7. The molecular formula is C99H69N5. The molecule has 104 heavy (non-hydrogen) atoms. The standard InChI is InChI=1S/C99H69N5/c1-97(2)81-29-15-9-22-66(81)69-42-35-61(54-84(69)97)58-38-47-92-77(51-58)73-26-12-18-32-88(73)102(92)64-41-46-87-80(57-64)95(101-96(100-87)104-90-34-20-14-28-75(90)79-53-60(40-49-94(79)104)63-37-44-71-68-24-11-17-31-83(68)99(5,6)86(71)56-63)76-45-50-91(72-25-8-7-21-65(72)76)103-89-33-19-13-27-74(89)78-52-59(39-48-93(78)103)62-36-43-70-67-23-10-16-30-82(67)98(3,4)85(70)55-62/h7-57H,1-6H3. The molecule has 4 heterocycles. The third-order valence-corrected chi connectivity index (χ3v) is 24.3. The number of rotatable bonds is 7. The molecule has 0 unspecified atom stereocenters. The van der Waals surface area contributed by atoms with E-state index in [1.165, 1.54) is 122 Å². The van der Waals surface area contributed by atoms with Gasteiger partial charge >= 0.3 is 0 Å². The van der Waals surface area contributed by atoms with E-state index < -0.39 is 0 Å². The quantitative estimate of drug-likeness (QED) is 0.160. The van der Waals surface area contributed by atoms with Gasteiger partial charge in [-0.15, -0.1) is 0 Å². The molecule has 5 heteroatoms. The summed E-state index contributed by atoms with van der Waals surface area (Å²) in [7, 11) is 0. The first kappa shape index (κ1) is 59.0. The topological polar surface area (TPSA) is 40.6 Å². The number of hydrogen-bond acceptors (Lipinski definition) is 2. The minimum atomic E-state index is -0.116. The van der Waals surface area contributed by atoms with Crippen LogP contribution >= 0.6 is 0 Å². The predicted molar refractivity (Wildman–Crippen MR) is 434 cm³/mol. The number of aromatic nitrogens is 5. The highest BCUT2D eigenvalue weighted by Gasteiger charge is 2.38. The van der Waals surface area contributed by atoms with Gasteiger partial charge in [-0.05, 0) is 203 Å². The van der Waals surface area contributed by atoms with Crippen molar-refractivity contribution < 1.29 is 0 Å². The van der Waals surface area contributed by atoms with E-state index in [0.717, 1.165) is 88.2 Å². The molecule has 0 aliphatic heterocycles. The minimum Gasteiger partial charge on any atom is -0.309 e. The van der Waals surface area contributed by atoms with Crippen molar-refractivity contribution in [1.82, 2.24) is 23.7 Å². The number of benzene rings is 15. The van der Waals surface area contributed by atoms with E-state index in [1.54, 1.807) is 0 Å². The number of para-hydroxylation sites is 3. The second-order valence-electron chi connectivity index (χ2n) is 30.8. The van der Waals surface area contributed by atoms with Crippen LogP contribution in [0.25, 0.3) is 182 Å². The Hall–Kier alpha value is -12.7. The molecule has 0 radical (unpaired) electrons. The van der Waals surface area contributed by atoms with E-state index in [2.05, 4.69) is 365 Å². The Morgan fingerprint density at radius 3 is 1.05 bits per heavy atom. The van der Waals surface area contributed by atoms with Gasteiger partial charge in [-0.1, -0.05) is 254 Å². The van der Waals surface area contributed by atoms with E-state index in [0.29, 0.717) is 5.95 Å². The van der Waals surface area contributed by atoms with E-state index in [9.17, 15) is 0 Å². The van der Waals surface area contributed by atoms with Crippen LogP contribution in [0.5, 0.6) is 0 Å². The zero-order valence-electron chi connectivity index (χ0n) is 58.7. The van der Waals surface area contributed by atoms with Crippen molar-refractivity contribution >= 4 is 87.1 Å². The molecule has 0 amide bonds. The van der Waals surface area contributed by atoms with Crippen LogP contribution in [0.4, 0.5) is 0 Å². The van der Waals surface area contributed by atoms with E-state index in [1.807, 2.05) is 0 Å². The van der Waals surface area contributed by atoms with E-state index in [4.69, 9.17) is 9.97 Å². The molecule has 490 valence electrons. The maximum Gasteiger partial charge on any atom is 0.235 e. The van der Waals surface area contributed by atoms with Crippen molar-refractivity contribution in [1.29, 1.82) is 0 Å². The van der Waals surface area contributed by atoms with Crippen LogP contribution in [-0.2, 0) is 16.2 Å². The van der Waals surface area contributed by atoms with Crippen LogP contribution < -0.4 is 0 Å². The molecule has 0 atom stereocenters. The molecule has 0 saturated heterocycles. The molecule has 3 aliphatic rings. The normalized spacial score (nSPS) is 14.3. The lowest BCUT2D eigenvalue weighted by Gasteiger charge is -2.22. The third kappa shape index (κ3) is 8.15. The van der Waals surface area contributed by atoms with Crippen LogP contribution in [0.2, 0.25) is 0 Å². The fourth-order valence-corrected chi connectivity index (χ4v) is 19.1. The number of nitrogens with zero attached hydrogens (tertiary/aromatic N) is 5. The molecular weight excluding hydrogens is 1260 g/mol. The largest absolute Gasteiger partial charge is 0.309 e. The van der Waals surface area contributed by atoms with Gasteiger partial charge < -0.3 is 9.13 Å². The second kappa shape index (κ2) is 21.2. The third-order valence-electron chi connectivity index (χ3n) is 24.3. The second-order valence-corrected chi connectivity index (χ2v) is 30.8. The van der Waals surface area contributed by atoms with Gasteiger partial charge in [-0.25, -0.2) is 9.97 Å². The Morgan fingerprint density at radius 1 is 0.221 bits per heavy atom. The first-order valence-electron chi connectivity index (χ1n) is 36.5. The highest BCUT2D eigenvalue weighted by atomic mass is 15.2. The molecule has 3 aliphatic carbocycles. The average Bonchev–Trinajstić information content (AvgIpc) is 1.43. The van der Waals surface area contributed by atoms with Gasteiger partial charge in [0.2, 0.25) is 5.95 Å². The lowest BCUT2D eigenvalue weighted by molar-refractivity contribution is 0.660. The molecule has 19 aromatic rings. The average molecular weight is 1330 g/mol. The fourth-order valence-electron chi connectivity index (χ4n) is 19.1. The van der Waals surface area contributed by atoms with Crippen molar-refractivity contribution in [2.75, 3.05) is 0 Å². The fraction of sp³-hybridized carbons (Fsp3) is 0.0909. The summed E-state index contributed by atoms with van der Waals surface area (Å²) in [6.45, 7) is 14.2. The van der Waals surface area contributed by atoms with Crippen LogP contribution in [0.15, 0.2) is 309 Å². The smallest absolute Gasteiger partial charge is 0.235 e. The Morgan fingerprint density at radius 2 is 0.567 bits per heavy atom. The van der Waals surface area contributed by atoms with Crippen molar-refractivity contribution in [2.45, 2.75) is 57.8 Å². The zero-order chi connectivity index (χ0) is 69.2. The van der Waals surface area contributed by atoms with Gasteiger partial charge in [0.05, 0.1) is 50.0 Å². The zero-order valence-corrected chi connectivity index (χ0v) is 58.7. The van der Waals surface area contributed by atoms with Crippen LogP contribution in [0, 0.1) is 0 Å². The monoisotopic (exact) mass is 1330 g/mol. The molecule has 22 rings (SSSR count). The SMILES string of the molecule is CC1(C)c2ccccc2-c2ccc(-c3ccc4c(c3)c3ccccc3n4-c3ccc4nc(-n5c6ccccc6c6cc(-c7ccc8c(c7)C(C)(C)c7ccccc7-8)ccc65)nc(-c5ccc(-n6c7ccccc7c7cc(-c8ccc9c(c8)C(C)(C)c8ccccc8-9)ccc76)c6ccccc56)c4c3)cc21. The van der Waals surface area contributed by atoms with E-state index >= 15 is 0 Å². The van der Waals surface area contributed by atoms with Crippen LogP contribution in [0.1, 0.15) is 74.9 Å². The van der Waals surface area contributed by atoms with Crippen molar-refractivity contribution in [2.24, 2.45) is 0 Å². The highest BCUT2D eigenvalue weighted by molar-refractivity contribution is 6.16. The Kier molecular flexibility index (Phi) is 12.0. The first-order chi connectivity index (χ1) is 50.8. The minimum absolute atomic E-state index is 0.0999. The van der Waals surface area contributed by atoms with Gasteiger partial charge in [0.25, 0.3) is 0 Å². The number of hydrogen-bond donors (Lipinski definition) is 0. The summed E-state index contributed by atoms with van der Waals surface area (Å²) < 4.78 is 7.22. The van der Waals surface area contributed by atoms with Crippen LogP contribution in [-0.4, -0.2) is 23.7 Å². The lowest BCUT2D eigenvalue weighted by atomic mass is 9.81. The van der Waals surface area contributed by atoms with Crippen LogP contribution in [0.3, 0.4) is 0 Å². The van der Waals surface area contributed by atoms with Gasteiger partial charge in [-0.2, -0.15) is 0 Å². The predicted octanol–water partition coefficient (Wildman–Crippen LogP) is 25.7. The molecule has 0 bridgehead atoms. The summed E-state index contributed by atoms with van der Waals surface area (Å²) in [5.74, 6) is 0.613. The van der Waals surface area contributed by atoms with Crippen molar-refractivity contribution in [3.05, 3.63) is 343 Å². The van der Waals surface area contributed by atoms with Crippen molar-refractivity contribution in [3.8, 4) is 95.3 Å². The summed E-state index contributed by atoms with van der Waals surface area (Å²) in [5.41, 5.74) is 34.7. The van der Waals surface area contributed by atoms with Gasteiger partial charge in [0.1, 0.15) is 0 Å². The Balaban J connectivity index is 0.727. The maximum atomic E-state index is 5.97. The van der Waals surface area contributed by atoms with Gasteiger partial charge in [0, 0.05) is 70.6 Å². The summed E-state index contributed by atoms with van der Waals surface area (Å²) in [6, 6.07) is 116. The molecule has 0 fully saturated rings. The lowest BCUT2D eigenvalue weighted by Crippen LogP contribution is -2.14. The summed E-state index contributed by atoms with van der Waals surface area (Å²) in [6.07, 6.45) is 0. The molecule has 5 nitrogen and oxygen atoms in total. The maximum absolute atomic E-state index is 5.97. The molecule has 15 aromatic carbocycles. The Bertz CT molecular complexity index is 7020. The number of fused-ring (bicyclic) bond motifs is 20. The van der Waals surface area contributed by atoms with Gasteiger partial charge in [-0.3, -0.25) is 4.57 Å². The van der Waals surface area contributed by atoms with E-state index in [-0.39, 0.29) is 16.2 Å². The summed E-state index contributed by atoms with van der Waals surface area (Å²) in [5, 5.41) is 10.3. The molecule has 4 aromatic heterocycles. The highest BCUT2D eigenvalue weighted by Crippen LogP contribution is 2.54. The molecule has 0 saturated carbocycles.